The molecule has 1 atom stereocenters. The van der Waals surface area contributed by atoms with Crippen LogP contribution in [0.3, 0.4) is 0 Å². The molecule has 2 amide bonds. The van der Waals surface area contributed by atoms with Crippen LogP contribution in [0.15, 0.2) is 85.3 Å². The van der Waals surface area contributed by atoms with E-state index in [0.29, 0.717) is 38.0 Å². The van der Waals surface area contributed by atoms with Crippen LogP contribution in [0.1, 0.15) is 52.4 Å². The summed E-state index contributed by atoms with van der Waals surface area (Å²) < 4.78 is 41.3. The molecule has 0 aliphatic carbocycles. The Morgan fingerprint density at radius 2 is 1.76 bits per heavy atom. The molecule has 1 unspecified atom stereocenters. The maximum Gasteiger partial charge on any atom is 0.416 e. The van der Waals surface area contributed by atoms with Gasteiger partial charge in [-0.1, -0.05) is 60.2 Å². The Morgan fingerprint density at radius 3 is 2.39 bits per heavy atom. The monoisotopic (exact) mass is 561 g/mol. The van der Waals surface area contributed by atoms with Crippen LogP contribution < -0.4 is 5.32 Å². The molecule has 1 aromatic heterocycles. The Balaban J connectivity index is 1.37. The Hall–Kier alpha value is -4.11. The van der Waals surface area contributed by atoms with Crippen molar-refractivity contribution in [1.29, 1.82) is 0 Å². The predicted molar refractivity (Wildman–Crippen MR) is 153 cm³/mol. The molecule has 5 rings (SSSR count). The summed E-state index contributed by atoms with van der Waals surface area (Å²) in [5.74, 6) is 0. The molecule has 1 fully saturated rings. The number of nitrogens with one attached hydrogen (secondary N) is 2. The standard InChI is InChI=1S/C32H34F3N5O/c1-22-8-11-24(12-9-22)20-40(31(41)38-26-6-4-3-5-7-26)27-14-16-39(17-15-27)30(29-19-36-21-37-29)25-13-10-23(2)28(18-25)32(33,34)35/h3-13,18-19,21,27,30H,14-17,20H2,1-2H3,(H,36,37)(H,38,41). The third-order valence-electron chi connectivity index (χ3n) is 7.76. The number of para-hydroxylation sites is 1. The number of aromatic nitrogens is 2. The Morgan fingerprint density at radius 1 is 1.05 bits per heavy atom. The topological polar surface area (TPSA) is 64.3 Å². The molecule has 4 aromatic rings. The first-order chi connectivity index (χ1) is 19.7. The van der Waals surface area contributed by atoms with Crippen LogP contribution in [0.4, 0.5) is 23.7 Å². The summed E-state index contributed by atoms with van der Waals surface area (Å²) >= 11 is 0. The normalized spacial score (nSPS) is 15.4. The van der Waals surface area contributed by atoms with Crippen molar-refractivity contribution in [3.05, 3.63) is 119 Å². The smallest absolute Gasteiger partial charge is 0.347 e. The first kappa shape index (κ1) is 28.4. The summed E-state index contributed by atoms with van der Waals surface area (Å²) in [5, 5.41) is 3.03. The number of likely N-dealkylation sites (tertiary alicyclic amines) is 1. The van der Waals surface area contributed by atoms with Gasteiger partial charge in [-0.2, -0.15) is 13.2 Å². The number of alkyl halides is 3. The highest BCUT2D eigenvalue weighted by atomic mass is 19.4. The van der Waals surface area contributed by atoms with Crippen molar-refractivity contribution in [2.24, 2.45) is 0 Å². The number of hydrogen-bond acceptors (Lipinski definition) is 3. The summed E-state index contributed by atoms with van der Waals surface area (Å²) in [5.41, 5.74) is 3.77. The zero-order valence-electron chi connectivity index (χ0n) is 23.2. The second-order valence-corrected chi connectivity index (χ2v) is 10.7. The minimum Gasteiger partial charge on any atom is -0.347 e. The zero-order valence-corrected chi connectivity index (χ0v) is 23.2. The van der Waals surface area contributed by atoms with Gasteiger partial charge in [0, 0.05) is 37.6 Å². The molecule has 0 bridgehead atoms. The average Bonchev–Trinajstić information content (AvgIpc) is 3.48. The molecule has 0 radical (unpaired) electrons. The van der Waals surface area contributed by atoms with Crippen LogP contribution in [-0.2, 0) is 12.7 Å². The van der Waals surface area contributed by atoms with E-state index in [-0.39, 0.29) is 17.6 Å². The number of hydrogen-bond donors (Lipinski definition) is 2. The molecular formula is C32H34F3N5O. The fourth-order valence-corrected chi connectivity index (χ4v) is 5.55. The van der Waals surface area contributed by atoms with Crippen LogP contribution in [0, 0.1) is 13.8 Å². The number of H-pyrrole nitrogens is 1. The number of anilines is 1. The summed E-state index contributed by atoms with van der Waals surface area (Å²) in [4.78, 5) is 24.9. The minimum absolute atomic E-state index is 0.0394. The van der Waals surface area contributed by atoms with Crippen molar-refractivity contribution >= 4 is 11.7 Å². The summed E-state index contributed by atoms with van der Waals surface area (Å²) in [7, 11) is 0. The largest absolute Gasteiger partial charge is 0.416 e. The number of nitrogens with zero attached hydrogens (tertiary/aromatic N) is 3. The lowest BCUT2D eigenvalue weighted by Crippen LogP contribution is -2.49. The van der Waals surface area contributed by atoms with E-state index in [2.05, 4.69) is 20.2 Å². The summed E-state index contributed by atoms with van der Waals surface area (Å²) in [6, 6.07) is 21.5. The Kier molecular flexibility index (Phi) is 8.44. The van der Waals surface area contributed by atoms with E-state index in [4.69, 9.17) is 0 Å². The minimum atomic E-state index is -4.44. The molecule has 6 nitrogen and oxygen atoms in total. The zero-order chi connectivity index (χ0) is 29.0. The van der Waals surface area contributed by atoms with Crippen LogP contribution >= 0.6 is 0 Å². The van der Waals surface area contributed by atoms with E-state index in [9.17, 15) is 18.0 Å². The number of carbonyl (C=O) groups excluding carboxylic acids is 1. The number of carbonyl (C=O) groups is 1. The van der Waals surface area contributed by atoms with Gasteiger partial charge in [0.05, 0.1) is 23.6 Å². The van der Waals surface area contributed by atoms with Crippen molar-refractivity contribution in [2.45, 2.75) is 51.5 Å². The second kappa shape index (κ2) is 12.2. The quantitative estimate of drug-likeness (QED) is 0.248. The van der Waals surface area contributed by atoms with E-state index in [0.717, 1.165) is 22.5 Å². The number of amides is 2. The summed E-state index contributed by atoms with van der Waals surface area (Å²) in [6.07, 6.45) is 0.133. The molecule has 1 aliphatic heterocycles. The number of aryl methyl sites for hydroxylation is 2. The first-order valence-corrected chi connectivity index (χ1v) is 13.8. The summed E-state index contributed by atoms with van der Waals surface area (Å²) in [6.45, 7) is 5.17. The second-order valence-electron chi connectivity index (χ2n) is 10.7. The highest BCUT2D eigenvalue weighted by molar-refractivity contribution is 5.89. The van der Waals surface area contributed by atoms with E-state index >= 15 is 0 Å². The molecule has 2 N–H and O–H groups in total. The number of piperidine rings is 1. The average molecular weight is 562 g/mol. The van der Waals surface area contributed by atoms with Crippen molar-refractivity contribution in [2.75, 3.05) is 18.4 Å². The van der Waals surface area contributed by atoms with Crippen LogP contribution in [0.2, 0.25) is 0 Å². The van der Waals surface area contributed by atoms with Gasteiger partial charge in [0.1, 0.15) is 0 Å². The molecule has 2 heterocycles. The highest BCUT2D eigenvalue weighted by Gasteiger charge is 2.36. The fraction of sp³-hybridized carbons (Fsp3) is 0.312. The van der Waals surface area contributed by atoms with Gasteiger partial charge in [-0.3, -0.25) is 4.90 Å². The molecule has 1 saturated heterocycles. The van der Waals surface area contributed by atoms with Gasteiger partial charge in [-0.05, 0) is 61.6 Å². The van der Waals surface area contributed by atoms with Gasteiger partial charge >= 0.3 is 12.2 Å². The number of urea groups is 1. The van der Waals surface area contributed by atoms with Crippen LogP contribution in [-0.4, -0.2) is 44.9 Å². The molecule has 9 heteroatoms. The predicted octanol–water partition coefficient (Wildman–Crippen LogP) is 7.33. The number of benzene rings is 3. The maximum atomic E-state index is 13.8. The van der Waals surface area contributed by atoms with Crippen molar-refractivity contribution in [3.8, 4) is 0 Å². The van der Waals surface area contributed by atoms with E-state index < -0.39 is 17.8 Å². The van der Waals surface area contributed by atoms with Gasteiger partial charge in [0.15, 0.2) is 0 Å². The fourth-order valence-electron chi connectivity index (χ4n) is 5.55. The van der Waals surface area contributed by atoms with Gasteiger partial charge in [0.2, 0.25) is 0 Å². The van der Waals surface area contributed by atoms with Gasteiger partial charge in [-0.15, -0.1) is 0 Å². The van der Waals surface area contributed by atoms with Crippen molar-refractivity contribution in [1.82, 2.24) is 19.8 Å². The number of rotatable bonds is 7. The van der Waals surface area contributed by atoms with Crippen molar-refractivity contribution in [3.63, 3.8) is 0 Å². The Bertz CT molecular complexity index is 1430. The van der Waals surface area contributed by atoms with Crippen LogP contribution in [0.5, 0.6) is 0 Å². The molecule has 0 spiro atoms. The molecule has 41 heavy (non-hydrogen) atoms. The lowest BCUT2D eigenvalue weighted by Gasteiger charge is -2.41. The molecule has 214 valence electrons. The highest BCUT2D eigenvalue weighted by Crippen LogP contribution is 2.37. The maximum absolute atomic E-state index is 13.8. The number of halogens is 3. The van der Waals surface area contributed by atoms with E-state index in [1.165, 1.54) is 19.1 Å². The van der Waals surface area contributed by atoms with Crippen molar-refractivity contribution < 1.29 is 18.0 Å². The number of imidazole rings is 1. The molecule has 1 aliphatic rings. The molecule has 3 aromatic carbocycles. The van der Waals surface area contributed by atoms with E-state index in [1.807, 2.05) is 66.4 Å². The van der Waals surface area contributed by atoms with Gasteiger partial charge < -0.3 is 15.2 Å². The third kappa shape index (κ3) is 6.79. The third-order valence-corrected chi connectivity index (χ3v) is 7.76. The lowest BCUT2D eigenvalue weighted by molar-refractivity contribution is -0.138. The Labute approximate surface area is 238 Å². The van der Waals surface area contributed by atoms with Gasteiger partial charge in [-0.25, -0.2) is 9.78 Å². The molecule has 0 saturated carbocycles. The SMILES string of the molecule is Cc1ccc(CN(C(=O)Nc2ccccc2)C2CCN(C(c3ccc(C)c(C(F)(F)F)c3)c3cnc[nH]3)CC2)cc1. The lowest BCUT2D eigenvalue weighted by atomic mass is 9.94. The molecular weight excluding hydrogens is 527 g/mol. The first-order valence-electron chi connectivity index (χ1n) is 13.8. The van der Waals surface area contributed by atoms with E-state index in [1.54, 1.807) is 18.6 Å². The van der Waals surface area contributed by atoms with Crippen LogP contribution in [0.25, 0.3) is 0 Å². The van der Waals surface area contributed by atoms with Gasteiger partial charge in [0.25, 0.3) is 0 Å². The number of aromatic amines is 1.